The number of nitrogens with one attached hydrogen (secondary N) is 2. The van der Waals surface area contributed by atoms with E-state index in [2.05, 4.69) is 15.6 Å². The normalized spacial score (nSPS) is 11.2. The Bertz CT molecular complexity index is 667. The molecular weight excluding hydrogens is 304 g/mol. The summed E-state index contributed by atoms with van der Waals surface area (Å²) in [6, 6.07) is 2.83. The highest BCUT2D eigenvalue weighted by Crippen LogP contribution is 2.26. The average Bonchev–Trinajstić information content (AvgIpc) is 2.46. The standard InChI is InChI=1S/C14H16N4O3S/c1-7-11(8(2)19)5-10(6-15)13(17-7)22-9(3)12(20)18-14(21)16-4/h5,9H,1-4H3,(H2,16,18,20,21). The predicted octanol–water partition coefficient (Wildman–Crippen LogP) is 1.40. The van der Waals surface area contributed by atoms with Gasteiger partial charge < -0.3 is 5.32 Å². The zero-order chi connectivity index (χ0) is 16.9. The van der Waals surface area contributed by atoms with Crippen LogP contribution in [-0.4, -0.2) is 35.0 Å². The second-order valence-electron chi connectivity index (χ2n) is 4.47. The minimum Gasteiger partial charge on any atom is -0.341 e. The molecule has 0 aliphatic rings. The van der Waals surface area contributed by atoms with Gasteiger partial charge in [0.05, 0.1) is 10.8 Å². The number of nitrogens with zero attached hydrogens (tertiary/aromatic N) is 2. The van der Waals surface area contributed by atoms with Crippen LogP contribution in [0.5, 0.6) is 0 Å². The van der Waals surface area contributed by atoms with Gasteiger partial charge in [-0.25, -0.2) is 9.78 Å². The minimum atomic E-state index is -0.625. The lowest BCUT2D eigenvalue weighted by atomic mass is 10.1. The van der Waals surface area contributed by atoms with Crippen LogP contribution < -0.4 is 10.6 Å². The van der Waals surface area contributed by atoms with Crippen LogP contribution in [-0.2, 0) is 4.79 Å². The third-order valence-electron chi connectivity index (χ3n) is 2.80. The highest BCUT2D eigenvalue weighted by Gasteiger charge is 2.20. The van der Waals surface area contributed by atoms with E-state index in [1.807, 2.05) is 6.07 Å². The molecule has 116 valence electrons. The number of thioether (sulfide) groups is 1. The largest absolute Gasteiger partial charge is 0.341 e. The molecule has 0 fully saturated rings. The third-order valence-corrected chi connectivity index (χ3v) is 3.90. The summed E-state index contributed by atoms with van der Waals surface area (Å²) in [6.07, 6.45) is 0. The Kier molecular flexibility index (Phi) is 6.07. The van der Waals surface area contributed by atoms with E-state index in [4.69, 9.17) is 0 Å². The Morgan fingerprint density at radius 1 is 1.41 bits per heavy atom. The zero-order valence-corrected chi connectivity index (χ0v) is 13.5. The van der Waals surface area contributed by atoms with Gasteiger partial charge in [-0.3, -0.25) is 14.9 Å². The molecule has 0 bridgehead atoms. The SMILES string of the molecule is CNC(=O)NC(=O)C(C)Sc1nc(C)c(C(C)=O)cc1C#N. The number of urea groups is 1. The number of amides is 3. The summed E-state index contributed by atoms with van der Waals surface area (Å²) in [4.78, 5) is 38.6. The lowest BCUT2D eigenvalue weighted by Crippen LogP contribution is -2.41. The number of aryl methyl sites for hydroxylation is 1. The fourth-order valence-electron chi connectivity index (χ4n) is 1.61. The average molecular weight is 320 g/mol. The van der Waals surface area contributed by atoms with Crippen molar-refractivity contribution in [1.82, 2.24) is 15.6 Å². The van der Waals surface area contributed by atoms with Gasteiger partial charge >= 0.3 is 6.03 Å². The van der Waals surface area contributed by atoms with Crippen LogP contribution in [0.25, 0.3) is 0 Å². The van der Waals surface area contributed by atoms with Gasteiger partial charge in [0.15, 0.2) is 5.78 Å². The van der Waals surface area contributed by atoms with E-state index < -0.39 is 17.2 Å². The van der Waals surface area contributed by atoms with E-state index in [1.165, 1.54) is 20.0 Å². The number of hydrogen-bond acceptors (Lipinski definition) is 6. The van der Waals surface area contributed by atoms with Crippen molar-refractivity contribution in [2.75, 3.05) is 7.05 Å². The van der Waals surface area contributed by atoms with Crippen molar-refractivity contribution >= 4 is 29.5 Å². The molecule has 1 aromatic heterocycles. The first-order valence-electron chi connectivity index (χ1n) is 6.42. The van der Waals surface area contributed by atoms with E-state index in [1.54, 1.807) is 13.8 Å². The summed E-state index contributed by atoms with van der Waals surface area (Å²) in [7, 11) is 1.40. The Labute approximate surface area is 132 Å². The molecule has 7 nitrogen and oxygen atoms in total. The summed E-state index contributed by atoms with van der Waals surface area (Å²) in [5, 5.41) is 13.3. The molecule has 1 atom stereocenters. The molecule has 1 rings (SSSR count). The second kappa shape index (κ2) is 7.56. The summed E-state index contributed by atoms with van der Waals surface area (Å²) >= 11 is 1.05. The number of hydrogen-bond donors (Lipinski definition) is 2. The number of carbonyl (C=O) groups excluding carboxylic acids is 3. The van der Waals surface area contributed by atoms with Crippen LogP contribution in [0.1, 0.15) is 35.5 Å². The predicted molar refractivity (Wildman–Crippen MR) is 81.6 cm³/mol. The van der Waals surface area contributed by atoms with Gasteiger partial charge in [-0.1, -0.05) is 11.8 Å². The molecular formula is C14H16N4O3S. The molecule has 0 saturated heterocycles. The molecule has 1 aromatic rings. The van der Waals surface area contributed by atoms with Gasteiger partial charge in [0.2, 0.25) is 5.91 Å². The summed E-state index contributed by atoms with van der Waals surface area (Å²) in [6.45, 7) is 4.66. The first-order valence-corrected chi connectivity index (χ1v) is 7.30. The molecule has 22 heavy (non-hydrogen) atoms. The Morgan fingerprint density at radius 3 is 2.55 bits per heavy atom. The topological polar surface area (TPSA) is 112 Å². The number of nitriles is 1. The maximum Gasteiger partial charge on any atom is 0.321 e. The van der Waals surface area contributed by atoms with Crippen molar-refractivity contribution < 1.29 is 14.4 Å². The van der Waals surface area contributed by atoms with E-state index in [0.717, 1.165) is 11.8 Å². The van der Waals surface area contributed by atoms with E-state index in [9.17, 15) is 19.6 Å². The molecule has 0 saturated carbocycles. The zero-order valence-electron chi connectivity index (χ0n) is 12.7. The second-order valence-corrected chi connectivity index (χ2v) is 5.80. The maximum atomic E-state index is 11.8. The molecule has 1 heterocycles. The molecule has 0 aliphatic carbocycles. The van der Waals surface area contributed by atoms with E-state index in [0.29, 0.717) is 16.3 Å². The molecule has 3 amide bonds. The van der Waals surface area contributed by atoms with Crippen LogP contribution in [0.15, 0.2) is 11.1 Å². The number of carbonyl (C=O) groups is 3. The van der Waals surface area contributed by atoms with Crippen molar-refractivity contribution in [3.63, 3.8) is 0 Å². The lowest BCUT2D eigenvalue weighted by molar-refractivity contribution is -0.119. The summed E-state index contributed by atoms with van der Waals surface area (Å²) < 4.78 is 0. The number of aromatic nitrogens is 1. The smallest absolute Gasteiger partial charge is 0.321 e. The molecule has 2 N–H and O–H groups in total. The minimum absolute atomic E-state index is 0.177. The van der Waals surface area contributed by atoms with Crippen LogP contribution >= 0.6 is 11.8 Å². The molecule has 1 unspecified atom stereocenters. The van der Waals surface area contributed by atoms with Crippen LogP contribution in [0.3, 0.4) is 0 Å². The van der Waals surface area contributed by atoms with Gasteiger partial charge in [0, 0.05) is 18.3 Å². The van der Waals surface area contributed by atoms with Gasteiger partial charge in [-0.15, -0.1) is 0 Å². The quantitative estimate of drug-likeness (QED) is 0.640. The summed E-state index contributed by atoms with van der Waals surface area (Å²) in [5.74, 6) is -0.674. The molecule has 8 heteroatoms. The first kappa shape index (κ1) is 17.7. The summed E-state index contributed by atoms with van der Waals surface area (Å²) in [5.41, 5.74) is 1.09. The maximum absolute atomic E-state index is 11.8. The highest BCUT2D eigenvalue weighted by molar-refractivity contribution is 8.00. The lowest BCUT2D eigenvalue weighted by Gasteiger charge is -2.12. The van der Waals surface area contributed by atoms with Crippen LogP contribution in [0, 0.1) is 18.3 Å². The first-order chi connectivity index (χ1) is 10.3. The van der Waals surface area contributed by atoms with Crippen LogP contribution in [0.2, 0.25) is 0 Å². The highest BCUT2D eigenvalue weighted by atomic mass is 32.2. The van der Waals surface area contributed by atoms with Crippen molar-refractivity contribution in [2.45, 2.75) is 31.0 Å². The molecule has 0 aliphatic heterocycles. The fraction of sp³-hybridized carbons (Fsp3) is 0.357. The molecule has 0 radical (unpaired) electrons. The third kappa shape index (κ3) is 4.30. The van der Waals surface area contributed by atoms with Crippen LogP contribution in [0.4, 0.5) is 4.79 Å². The number of pyridine rings is 1. The molecule has 0 spiro atoms. The van der Waals surface area contributed by atoms with Crippen molar-refractivity contribution in [3.8, 4) is 6.07 Å². The van der Waals surface area contributed by atoms with Gasteiger partial charge in [0.1, 0.15) is 11.1 Å². The Morgan fingerprint density at radius 2 is 2.05 bits per heavy atom. The van der Waals surface area contributed by atoms with Crippen molar-refractivity contribution in [3.05, 3.63) is 22.9 Å². The Balaban J connectivity index is 3.01. The number of rotatable bonds is 4. The van der Waals surface area contributed by atoms with E-state index >= 15 is 0 Å². The number of imide groups is 1. The number of ketones is 1. The van der Waals surface area contributed by atoms with Crippen molar-refractivity contribution in [2.24, 2.45) is 0 Å². The van der Waals surface area contributed by atoms with Crippen molar-refractivity contribution in [1.29, 1.82) is 5.26 Å². The van der Waals surface area contributed by atoms with Gasteiger partial charge in [-0.2, -0.15) is 5.26 Å². The Hall–Kier alpha value is -2.40. The van der Waals surface area contributed by atoms with Gasteiger partial charge in [-0.05, 0) is 26.8 Å². The van der Waals surface area contributed by atoms with E-state index in [-0.39, 0.29) is 11.3 Å². The number of Topliss-reactive ketones (excluding diaryl/α,β-unsaturated/α-hetero) is 1. The fourth-order valence-corrected chi connectivity index (χ4v) is 2.53. The van der Waals surface area contributed by atoms with Gasteiger partial charge in [0.25, 0.3) is 0 Å². The molecule has 0 aromatic carbocycles. The monoisotopic (exact) mass is 320 g/mol.